The molecule has 1 aliphatic rings. The fourth-order valence-corrected chi connectivity index (χ4v) is 2.95. The highest BCUT2D eigenvalue weighted by atomic mass is 35.5. The van der Waals surface area contributed by atoms with Gasteiger partial charge in [0.05, 0.1) is 7.11 Å². The molecule has 0 radical (unpaired) electrons. The molecule has 1 N–H and O–H groups in total. The smallest absolute Gasteiger partial charge is 0.332 e. The first-order valence-corrected chi connectivity index (χ1v) is 7.66. The van der Waals surface area contributed by atoms with Gasteiger partial charge in [0.2, 0.25) is 0 Å². The molecule has 0 saturated heterocycles. The SMILES string of the molecule is COC(=O)[C@]1(NC(=O)c2ccccc2)C[C@@H]1c1ccc(Cl)cc1. The average molecular weight is 330 g/mol. The van der Waals surface area contributed by atoms with E-state index < -0.39 is 11.5 Å². The van der Waals surface area contributed by atoms with Crippen molar-refractivity contribution in [1.29, 1.82) is 0 Å². The van der Waals surface area contributed by atoms with Crippen LogP contribution in [0.4, 0.5) is 0 Å². The molecule has 1 saturated carbocycles. The normalized spacial score (nSPS) is 22.3. The predicted octanol–water partition coefficient (Wildman–Crippen LogP) is 3.17. The fourth-order valence-electron chi connectivity index (χ4n) is 2.82. The summed E-state index contributed by atoms with van der Waals surface area (Å²) in [5.74, 6) is -0.825. The van der Waals surface area contributed by atoms with E-state index in [1.165, 1.54) is 7.11 Å². The lowest BCUT2D eigenvalue weighted by atomic mass is 10.1. The van der Waals surface area contributed by atoms with Gasteiger partial charge in [0.1, 0.15) is 5.54 Å². The second-order valence-electron chi connectivity index (χ2n) is 5.59. The number of ether oxygens (including phenoxy) is 1. The molecule has 0 bridgehead atoms. The summed E-state index contributed by atoms with van der Waals surface area (Å²) in [5.41, 5.74) is 0.459. The molecule has 118 valence electrons. The van der Waals surface area contributed by atoms with E-state index in [9.17, 15) is 9.59 Å². The predicted molar refractivity (Wildman–Crippen MR) is 87.5 cm³/mol. The summed E-state index contributed by atoms with van der Waals surface area (Å²) in [6, 6.07) is 16.1. The maximum absolute atomic E-state index is 12.4. The maximum atomic E-state index is 12.4. The maximum Gasteiger partial charge on any atom is 0.332 e. The van der Waals surface area contributed by atoms with Crippen molar-refractivity contribution in [3.63, 3.8) is 0 Å². The summed E-state index contributed by atoms with van der Waals surface area (Å²) in [5, 5.41) is 3.48. The van der Waals surface area contributed by atoms with Crippen LogP contribution >= 0.6 is 11.6 Å². The molecule has 2 atom stereocenters. The molecule has 2 aromatic carbocycles. The van der Waals surface area contributed by atoms with Crippen LogP contribution in [0.3, 0.4) is 0 Å². The Balaban J connectivity index is 1.84. The molecule has 0 spiro atoms. The molecule has 2 aromatic rings. The molecule has 1 fully saturated rings. The highest BCUT2D eigenvalue weighted by Crippen LogP contribution is 2.52. The van der Waals surface area contributed by atoms with E-state index in [1.54, 1.807) is 36.4 Å². The molecule has 5 heteroatoms. The number of hydrogen-bond acceptors (Lipinski definition) is 3. The monoisotopic (exact) mass is 329 g/mol. The van der Waals surface area contributed by atoms with Gasteiger partial charge in [-0.05, 0) is 36.2 Å². The van der Waals surface area contributed by atoms with Crippen LogP contribution in [0.15, 0.2) is 54.6 Å². The number of rotatable bonds is 4. The Hall–Kier alpha value is -2.33. The number of benzene rings is 2. The van der Waals surface area contributed by atoms with Crippen LogP contribution in [0.1, 0.15) is 28.3 Å². The molecule has 3 rings (SSSR count). The van der Waals surface area contributed by atoms with Crippen LogP contribution in [0.5, 0.6) is 0 Å². The number of esters is 1. The summed E-state index contributed by atoms with van der Waals surface area (Å²) < 4.78 is 4.91. The third kappa shape index (κ3) is 2.94. The Morgan fingerprint density at radius 3 is 2.39 bits per heavy atom. The summed E-state index contributed by atoms with van der Waals surface area (Å²) in [6.45, 7) is 0. The molecule has 23 heavy (non-hydrogen) atoms. The fraction of sp³-hybridized carbons (Fsp3) is 0.222. The van der Waals surface area contributed by atoms with Gasteiger partial charge in [-0.15, -0.1) is 0 Å². The third-order valence-electron chi connectivity index (χ3n) is 4.16. The van der Waals surface area contributed by atoms with Crippen molar-refractivity contribution in [1.82, 2.24) is 5.32 Å². The van der Waals surface area contributed by atoms with Gasteiger partial charge in [-0.2, -0.15) is 0 Å². The zero-order valence-electron chi connectivity index (χ0n) is 12.6. The minimum atomic E-state index is -1.00. The van der Waals surface area contributed by atoms with Crippen LogP contribution in [0.2, 0.25) is 5.02 Å². The van der Waals surface area contributed by atoms with Crippen molar-refractivity contribution < 1.29 is 14.3 Å². The van der Waals surface area contributed by atoms with E-state index in [-0.39, 0.29) is 11.8 Å². The summed E-state index contributed by atoms with van der Waals surface area (Å²) in [4.78, 5) is 24.7. The second kappa shape index (κ2) is 6.05. The number of hydrogen-bond donors (Lipinski definition) is 1. The van der Waals surface area contributed by atoms with Gasteiger partial charge in [-0.3, -0.25) is 4.79 Å². The van der Waals surface area contributed by atoms with Crippen molar-refractivity contribution in [3.05, 3.63) is 70.7 Å². The van der Waals surface area contributed by atoms with E-state index >= 15 is 0 Å². The molecule has 0 aromatic heterocycles. The van der Waals surface area contributed by atoms with E-state index in [0.717, 1.165) is 5.56 Å². The molecule has 4 nitrogen and oxygen atoms in total. The molecule has 0 aliphatic heterocycles. The van der Waals surface area contributed by atoms with Gasteiger partial charge in [0.25, 0.3) is 5.91 Å². The highest BCUT2D eigenvalue weighted by molar-refractivity contribution is 6.30. The van der Waals surface area contributed by atoms with Gasteiger partial charge in [0, 0.05) is 16.5 Å². The minimum absolute atomic E-state index is 0.111. The van der Waals surface area contributed by atoms with Crippen LogP contribution in [-0.4, -0.2) is 24.5 Å². The lowest BCUT2D eigenvalue weighted by Gasteiger charge is -2.17. The molecular formula is C18H16ClNO3. The number of carbonyl (C=O) groups excluding carboxylic acids is 2. The number of nitrogens with one attached hydrogen (secondary N) is 1. The minimum Gasteiger partial charge on any atom is -0.467 e. The van der Waals surface area contributed by atoms with Crippen LogP contribution in [-0.2, 0) is 9.53 Å². The molecule has 1 aliphatic carbocycles. The number of halogens is 1. The Morgan fingerprint density at radius 2 is 1.78 bits per heavy atom. The van der Waals surface area contributed by atoms with Crippen molar-refractivity contribution >= 4 is 23.5 Å². The summed E-state index contributed by atoms with van der Waals surface area (Å²) in [7, 11) is 1.33. The Kier molecular flexibility index (Phi) is 4.09. The van der Waals surface area contributed by atoms with Crippen molar-refractivity contribution in [3.8, 4) is 0 Å². The van der Waals surface area contributed by atoms with Crippen LogP contribution in [0.25, 0.3) is 0 Å². The number of amides is 1. The van der Waals surface area contributed by atoms with Gasteiger partial charge >= 0.3 is 5.97 Å². The van der Waals surface area contributed by atoms with Gasteiger partial charge in [-0.1, -0.05) is 41.9 Å². The second-order valence-corrected chi connectivity index (χ2v) is 6.03. The van der Waals surface area contributed by atoms with Gasteiger partial charge in [-0.25, -0.2) is 4.79 Å². The molecule has 0 unspecified atom stereocenters. The first kappa shape index (κ1) is 15.6. The number of carbonyl (C=O) groups is 2. The lowest BCUT2D eigenvalue weighted by molar-refractivity contribution is -0.144. The number of methoxy groups -OCH3 is 1. The van der Waals surface area contributed by atoms with Gasteiger partial charge in [0.15, 0.2) is 0 Å². The third-order valence-corrected chi connectivity index (χ3v) is 4.41. The first-order valence-electron chi connectivity index (χ1n) is 7.28. The largest absolute Gasteiger partial charge is 0.467 e. The first-order chi connectivity index (χ1) is 11.1. The summed E-state index contributed by atoms with van der Waals surface area (Å²) >= 11 is 5.90. The Labute approximate surface area is 139 Å². The quantitative estimate of drug-likeness (QED) is 0.877. The van der Waals surface area contributed by atoms with Crippen molar-refractivity contribution in [2.24, 2.45) is 0 Å². The zero-order valence-corrected chi connectivity index (χ0v) is 13.3. The lowest BCUT2D eigenvalue weighted by Crippen LogP contribution is -2.45. The van der Waals surface area contributed by atoms with Gasteiger partial charge < -0.3 is 10.1 Å². The zero-order chi connectivity index (χ0) is 16.4. The average Bonchev–Trinajstić information content (AvgIpc) is 3.31. The van der Waals surface area contributed by atoms with E-state index in [1.807, 2.05) is 18.2 Å². The Bertz CT molecular complexity index is 730. The molecular weight excluding hydrogens is 314 g/mol. The molecule has 0 heterocycles. The topological polar surface area (TPSA) is 55.4 Å². The van der Waals surface area contributed by atoms with E-state index in [4.69, 9.17) is 16.3 Å². The highest BCUT2D eigenvalue weighted by Gasteiger charge is 2.62. The van der Waals surface area contributed by atoms with Crippen LogP contribution in [0, 0.1) is 0 Å². The Morgan fingerprint density at radius 1 is 1.13 bits per heavy atom. The standard InChI is InChI=1S/C18H16ClNO3/c1-23-17(22)18(20-16(21)13-5-3-2-4-6-13)11-15(18)12-7-9-14(19)10-8-12/h2-10,15H,11H2,1H3,(H,20,21)/t15-,18+/m1/s1. The van der Waals surface area contributed by atoms with Crippen molar-refractivity contribution in [2.75, 3.05) is 7.11 Å². The van der Waals surface area contributed by atoms with Crippen molar-refractivity contribution in [2.45, 2.75) is 17.9 Å². The molecule has 1 amide bonds. The van der Waals surface area contributed by atoms with E-state index in [0.29, 0.717) is 17.0 Å². The van der Waals surface area contributed by atoms with E-state index in [2.05, 4.69) is 5.32 Å². The summed E-state index contributed by atoms with van der Waals surface area (Å²) in [6.07, 6.45) is 0.514. The van der Waals surface area contributed by atoms with Crippen LogP contribution < -0.4 is 5.32 Å².